The molecule has 2 rings (SSSR count). The van der Waals surface area contributed by atoms with Crippen molar-refractivity contribution in [1.29, 1.82) is 0 Å². The predicted molar refractivity (Wildman–Crippen MR) is 86.0 cm³/mol. The molecule has 2 aromatic carbocycles. The average Bonchev–Trinajstić information content (AvgIpc) is 2.44. The molecule has 0 fully saturated rings. The number of hydrogen-bond donors (Lipinski definition) is 2. The van der Waals surface area contributed by atoms with Gasteiger partial charge in [-0.3, -0.25) is 0 Å². The molecule has 0 atom stereocenters. The third-order valence-electron chi connectivity index (χ3n) is 3.22. The topological polar surface area (TPSA) is 64.3 Å². The zero-order valence-electron chi connectivity index (χ0n) is 12.6. The lowest BCUT2D eigenvalue weighted by Gasteiger charge is -2.13. The Morgan fingerprint density at radius 3 is 2.57 bits per heavy atom. The fourth-order valence-electron chi connectivity index (χ4n) is 2.10. The number of rotatable bonds is 4. The van der Waals surface area contributed by atoms with E-state index in [1.165, 1.54) is 5.56 Å². The van der Waals surface area contributed by atoms with Gasteiger partial charge in [0.2, 0.25) is 0 Å². The van der Waals surface area contributed by atoms with Crippen LogP contribution in [0.5, 0.6) is 0 Å². The number of anilines is 3. The normalized spacial score (nSPS) is 10.2. The van der Waals surface area contributed by atoms with Crippen LogP contribution in [-0.4, -0.2) is 12.6 Å². The van der Waals surface area contributed by atoms with Gasteiger partial charge in [-0.1, -0.05) is 17.7 Å². The van der Waals surface area contributed by atoms with Crippen molar-refractivity contribution < 1.29 is 9.53 Å². The molecule has 0 aliphatic heterocycles. The molecule has 4 nitrogen and oxygen atoms in total. The van der Waals surface area contributed by atoms with E-state index in [4.69, 9.17) is 10.5 Å². The van der Waals surface area contributed by atoms with Crippen molar-refractivity contribution in [2.75, 3.05) is 17.7 Å². The van der Waals surface area contributed by atoms with Crippen LogP contribution in [0.15, 0.2) is 36.4 Å². The lowest BCUT2D eigenvalue weighted by molar-refractivity contribution is 0.0526. The summed E-state index contributed by atoms with van der Waals surface area (Å²) >= 11 is 0. The molecular formula is C17H20N2O2. The number of nitrogens with one attached hydrogen (secondary N) is 1. The summed E-state index contributed by atoms with van der Waals surface area (Å²) in [5.74, 6) is -0.346. The number of benzene rings is 2. The maximum absolute atomic E-state index is 11.8. The molecule has 2 aromatic rings. The van der Waals surface area contributed by atoms with Crippen LogP contribution in [0.2, 0.25) is 0 Å². The fraction of sp³-hybridized carbons (Fsp3) is 0.235. The highest BCUT2D eigenvalue weighted by molar-refractivity contribution is 5.92. The molecule has 21 heavy (non-hydrogen) atoms. The molecule has 0 amide bonds. The predicted octanol–water partition coefficient (Wildman–Crippen LogP) is 3.81. The first kappa shape index (κ1) is 14.9. The number of carbonyl (C=O) groups excluding carboxylic acids is 1. The summed E-state index contributed by atoms with van der Waals surface area (Å²) in [4.78, 5) is 11.8. The Morgan fingerprint density at radius 1 is 1.14 bits per heavy atom. The first-order valence-corrected chi connectivity index (χ1v) is 6.92. The summed E-state index contributed by atoms with van der Waals surface area (Å²) in [6.07, 6.45) is 0. The van der Waals surface area contributed by atoms with Gasteiger partial charge in [0, 0.05) is 5.69 Å². The number of nitrogen functional groups attached to an aromatic ring is 1. The van der Waals surface area contributed by atoms with Gasteiger partial charge in [0.1, 0.15) is 0 Å². The summed E-state index contributed by atoms with van der Waals surface area (Å²) in [7, 11) is 0. The molecule has 0 aromatic heterocycles. The van der Waals surface area contributed by atoms with Crippen molar-refractivity contribution in [2.24, 2.45) is 0 Å². The van der Waals surface area contributed by atoms with E-state index in [9.17, 15) is 4.79 Å². The van der Waals surface area contributed by atoms with Gasteiger partial charge in [0.25, 0.3) is 0 Å². The van der Waals surface area contributed by atoms with Gasteiger partial charge in [-0.2, -0.15) is 0 Å². The van der Waals surface area contributed by atoms with E-state index >= 15 is 0 Å². The van der Waals surface area contributed by atoms with Crippen LogP contribution in [0.25, 0.3) is 0 Å². The molecule has 0 aliphatic rings. The highest BCUT2D eigenvalue weighted by Crippen LogP contribution is 2.27. The fourth-order valence-corrected chi connectivity index (χ4v) is 2.10. The van der Waals surface area contributed by atoms with Crippen LogP contribution in [-0.2, 0) is 4.74 Å². The summed E-state index contributed by atoms with van der Waals surface area (Å²) < 4.78 is 5.00. The van der Waals surface area contributed by atoms with E-state index in [0.29, 0.717) is 23.5 Å². The first-order chi connectivity index (χ1) is 10.0. The van der Waals surface area contributed by atoms with Gasteiger partial charge < -0.3 is 15.8 Å². The monoisotopic (exact) mass is 284 g/mol. The highest BCUT2D eigenvalue weighted by Gasteiger charge is 2.10. The number of ether oxygens (including phenoxy) is 1. The molecule has 0 saturated heterocycles. The molecule has 0 radical (unpaired) electrons. The maximum Gasteiger partial charge on any atom is 0.338 e. The summed E-state index contributed by atoms with van der Waals surface area (Å²) in [5, 5.41) is 3.27. The van der Waals surface area contributed by atoms with Crippen molar-refractivity contribution in [3.8, 4) is 0 Å². The number of aryl methyl sites for hydroxylation is 2. The second-order valence-electron chi connectivity index (χ2n) is 4.97. The Morgan fingerprint density at radius 2 is 1.90 bits per heavy atom. The Bertz CT molecular complexity index is 666. The van der Waals surface area contributed by atoms with E-state index in [-0.39, 0.29) is 5.97 Å². The van der Waals surface area contributed by atoms with E-state index < -0.39 is 0 Å². The Balaban J connectivity index is 2.30. The molecule has 0 heterocycles. The van der Waals surface area contributed by atoms with Crippen molar-refractivity contribution in [3.63, 3.8) is 0 Å². The van der Waals surface area contributed by atoms with Gasteiger partial charge in [-0.05, 0) is 50.6 Å². The van der Waals surface area contributed by atoms with Crippen molar-refractivity contribution in [3.05, 3.63) is 53.1 Å². The zero-order chi connectivity index (χ0) is 15.4. The molecule has 0 bridgehead atoms. The van der Waals surface area contributed by atoms with Crippen molar-refractivity contribution >= 4 is 23.0 Å². The van der Waals surface area contributed by atoms with Gasteiger partial charge in [0.15, 0.2) is 0 Å². The summed E-state index contributed by atoms with van der Waals surface area (Å²) in [5.41, 5.74) is 11.0. The second kappa shape index (κ2) is 6.31. The second-order valence-corrected chi connectivity index (χ2v) is 4.97. The van der Waals surface area contributed by atoms with Crippen LogP contribution < -0.4 is 11.1 Å². The van der Waals surface area contributed by atoms with Crippen molar-refractivity contribution in [2.45, 2.75) is 20.8 Å². The van der Waals surface area contributed by atoms with Crippen molar-refractivity contribution in [1.82, 2.24) is 0 Å². The van der Waals surface area contributed by atoms with Crippen LogP contribution in [0.1, 0.15) is 28.4 Å². The Hall–Kier alpha value is -2.49. The molecule has 4 heteroatoms. The standard InChI is InChI=1S/C17H20N2O2/c1-4-21-17(20)13-6-7-14(18)16(10-13)19-15-8-5-11(2)9-12(15)3/h5-10,19H,4,18H2,1-3H3. The third kappa shape index (κ3) is 3.54. The molecule has 3 N–H and O–H groups in total. The quantitative estimate of drug-likeness (QED) is 0.662. The molecular weight excluding hydrogens is 264 g/mol. The summed E-state index contributed by atoms with van der Waals surface area (Å²) in [6, 6.07) is 11.2. The molecule has 0 spiro atoms. The minimum absolute atomic E-state index is 0.346. The van der Waals surface area contributed by atoms with Gasteiger partial charge >= 0.3 is 5.97 Å². The van der Waals surface area contributed by atoms with Crippen LogP contribution >= 0.6 is 0 Å². The largest absolute Gasteiger partial charge is 0.462 e. The Kier molecular flexibility index (Phi) is 4.48. The van der Waals surface area contributed by atoms with Crippen LogP contribution in [0, 0.1) is 13.8 Å². The minimum atomic E-state index is -0.346. The molecule has 110 valence electrons. The SMILES string of the molecule is CCOC(=O)c1ccc(N)c(Nc2ccc(C)cc2C)c1. The minimum Gasteiger partial charge on any atom is -0.462 e. The van der Waals surface area contributed by atoms with E-state index in [0.717, 1.165) is 11.3 Å². The number of esters is 1. The number of nitrogens with two attached hydrogens (primary N) is 1. The van der Waals surface area contributed by atoms with Gasteiger partial charge in [0.05, 0.1) is 23.5 Å². The number of hydrogen-bond acceptors (Lipinski definition) is 4. The van der Waals surface area contributed by atoms with Crippen LogP contribution in [0.4, 0.5) is 17.1 Å². The molecule has 0 saturated carbocycles. The van der Waals surface area contributed by atoms with E-state index in [1.54, 1.807) is 25.1 Å². The zero-order valence-corrected chi connectivity index (χ0v) is 12.6. The Labute approximate surface area is 124 Å². The molecule has 0 unspecified atom stereocenters. The van der Waals surface area contributed by atoms with Gasteiger partial charge in [-0.25, -0.2) is 4.79 Å². The molecule has 0 aliphatic carbocycles. The van der Waals surface area contributed by atoms with Gasteiger partial charge in [-0.15, -0.1) is 0 Å². The summed E-state index contributed by atoms with van der Waals surface area (Å²) in [6.45, 7) is 6.21. The third-order valence-corrected chi connectivity index (χ3v) is 3.22. The smallest absolute Gasteiger partial charge is 0.338 e. The maximum atomic E-state index is 11.8. The lowest BCUT2D eigenvalue weighted by Crippen LogP contribution is -2.06. The van der Waals surface area contributed by atoms with E-state index in [2.05, 4.69) is 11.4 Å². The first-order valence-electron chi connectivity index (χ1n) is 6.92. The lowest BCUT2D eigenvalue weighted by atomic mass is 10.1. The average molecular weight is 284 g/mol. The highest BCUT2D eigenvalue weighted by atomic mass is 16.5. The van der Waals surface area contributed by atoms with E-state index in [1.807, 2.05) is 26.0 Å². The number of carbonyl (C=O) groups is 1. The van der Waals surface area contributed by atoms with Crippen LogP contribution in [0.3, 0.4) is 0 Å².